The minimum Gasteiger partial charge on any atom is -0.277 e. The number of H-pyrrole nitrogens is 1. The van der Waals surface area contributed by atoms with Crippen LogP contribution in [0.25, 0.3) is 22.5 Å². The Kier molecular flexibility index (Phi) is 3.83. The molecule has 0 saturated heterocycles. The molecule has 2 heterocycles. The summed E-state index contributed by atoms with van der Waals surface area (Å²) in [5, 5.41) is 8.56. The van der Waals surface area contributed by atoms with Crippen LogP contribution in [0.5, 0.6) is 0 Å². The summed E-state index contributed by atoms with van der Waals surface area (Å²) in [6, 6.07) is 16.3. The Hall–Kier alpha value is -2.07. The lowest BCUT2D eigenvalue weighted by Gasteiger charge is -2.03. The van der Waals surface area contributed by atoms with E-state index in [-0.39, 0.29) is 0 Å². The van der Waals surface area contributed by atoms with Crippen molar-refractivity contribution in [2.75, 3.05) is 5.75 Å². The highest BCUT2D eigenvalue weighted by Crippen LogP contribution is 2.30. The smallest absolute Gasteiger partial charge is 0.105 e. The SMILES string of the molecule is CCSc1ncccc1-c1cc(-c2ccccc2)n[nH]1. The molecule has 1 aromatic carbocycles. The van der Waals surface area contributed by atoms with Crippen molar-refractivity contribution >= 4 is 11.8 Å². The van der Waals surface area contributed by atoms with Crippen LogP contribution in [0.1, 0.15) is 6.92 Å². The van der Waals surface area contributed by atoms with Crippen molar-refractivity contribution in [1.82, 2.24) is 15.2 Å². The van der Waals surface area contributed by atoms with Gasteiger partial charge in [-0.3, -0.25) is 5.10 Å². The minimum absolute atomic E-state index is 0.955. The quantitative estimate of drug-likeness (QED) is 0.727. The van der Waals surface area contributed by atoms with Gasteiger partial charge in [-0.2, -0.15) is 5.10 Å². The molecule has 2 aromatic heterocycles. The molecule has 3 nitrogen and oxygen atoms in total. The van der Waals surface area contributed by atoms with E-state index in [0.29, 0.717) is 0 Å². The first-order valence-corrected chi connectivity index (χ1v) is 7.56. The van der Waals surface area contributed by atoms with E-state index in [1.54, 1.807) is 11.8 Å². The number of hydrogen-bond acceptors (Lipinski definition) is 3. The highest BCUT2D eigenvalue weighted by molar-refractivity contribution is 7.99. The number of rotatable bonds is 4. The number of pyridine rings is 1. The molecule has 0 spiro atoms. The van der Waals surface area contributed by atoms with Crippen molar-refractivity contribution in [3.8, 4) is 22.5 Å². The Morgan fingerprint density at radius 2 is 1.95 bits per heavy atom. The summed E-state index contributed by atoms with van der Waals surface area (Å²) in [6.45, 7) is 2.13. The highest BCUT2D eigenvalue weighted by Gasteiger charge is 2.10. The lowest BCUT2D eigenvalue weighted by atomic mass is 10.1. The summed E-state index contributed by atoms with van der Waals surface area (Å²) in [7, 11) is 0. The Balaban J connectivity index is 1.98. The maximum absolute atomic E-state index is 4.44. The molecule has 0 bridgehead atoms. The maximum Gasteiger partial charge on any atom is 0.105 e. The van der Waals surface area contributed by atoms with Gasteiger partial charge < -0.3 is 0 Å². The second-order valence-electron chi connectivity index (χ2n) is 4.32. The summed E-state index contributed by atoms with van der Waals surface area (Å²) < 4.78 is 0. The molecule has 20 heavy (non-hydrogen) atoms. The van der Waals surface area contributed by atoms with Crippen molar-refractivity contribution in [1.29, 1.82) is 0 Å². The lowest BCUT2D eigenvalue weighted by molar-refractivity contribution is 1.07. The average Bonchev–Trinajstić information content (AvgIpc) is 2.99. The van der Waals surface area contributed by atoms with Crippen LogP contribution >= 0.6 is 11.8 Å². The number of aromatic nitrogens is 3. The van der Waals surface area contributed by atoms with Gasteiger partial charge in [0.05, 0.1) is 11.4 Å². The number of nitrogens with zero attached hydrogens (tertiary/aromatic N) is 2. The van der Waals surface area contributed by atoms with E-state index >= 15 is 0 Å². The molecule has 3 aromatic rings. The Labute approximate surface area is 122 Å². The molecule has 0 saturated carbocycles. The van der Waals surface area contributed by atoms with Gasteiger partial charge in [0.1, 0.15) is 5.03 Å². The van der Waals surface area contributed by atoms with Crippen LogP contribution in [0.2, 0.25) is 0 Å². The van der Waals surface area contributed by atoms with E-state index in [0.717, 1.165) is 33.3 Å². The molecule has 100 valence electrons. The molecule has 3 rings (SSSR count). The Bertz CT molecular complexity index is 692. The van der Waals surface area contributed by atoms with E-state index in [1.165, 1.54) is 0 Å². The van der Waals surface area contributed by atoms with Crippen molar-refractivity contribution in [2.24, 2.45) is 0 Å². The van der Waals surface area contributed by atoms with Crippen LogP contribution in [0.4, 0.5) is 0 Å². The number of nitrogens with one attached hydrogen (secondary N) is 1. The summed E-state index contributed by atoms with van der Waals surface area (Å²) in [5.74, 6) is 1.00. The summed E-state index contributed by atoms with van der Waals surface area (Å²) in [6.07, 6.45) is 1.83. The van der Waals surface area contributed by atoms with Gasteiger partial charge in [0.25, 0.3) is 0 Å². The van der Waals surface area contributed by atoms with Gasteiger partial charge in [0.15, 0.2) is 0 Å². The van der Waals surface area contributed by atoms with Crippen molar-refractivity contribution in [2.45, 2.75) is 11.9 Å². The van der Waals surface area contributed by atoms with E-state index in [4.69, 9.17) is 0 Å². The molecule has 0 aliphatic rings. The topological polar surface area (TPSA) is 41.6 Å². The molecule has 0 aliphatic carbocycles. The van der Waals surface area contributed by atoms with Crippen LogP contribution in [-0.2, 0) is 0 Å². The largest absolute Gasteiger partial charge is 0.277 e. The van der Waals surface area contributed by atoms with Gasteiger partial charge in [-0.25, -0.2) is 4.98 Å². The molecule has 0 atom stereocenters. The van der Waals surface area contributed by atoms with Crippen LogP contribution in [0.3, 0.4) is 0 Å². The first-order chi connectivity index (χ1) is 9.88. The van der Waals surface area contributed by atoms with Gasteiger partial charge in [0.2, 0.25) is 0 Å². The third kappa shape index (κ3) is 2.60. The third-order valence-electron chi connectivity index (χ3n) is 2.99. The number of aromatic amines is 1. The molecule has 0 radical (unpaired) electrons. The fourth-order valence-electron chi connectivity index (χ4n) is 2.06. The van der Waals surface area contributed by atoms with Crippen molar-refractivity contribution in [3.63, 3.8) is 0 Å². The van der Waals surface area contributed by atoms with E-state index in [9.17, 15) is 0 Å². The normalized spacial score (nSPS) is 10.7. The van der Waals surface area contributed by atoms with Gasteiger partial charge in [0, 0.05) is 17.3 Å². The van der Waals surface area contributed by atoms with Gasteiger partial charge in [-0.05, 0) is 24.0 Å². The molecule has 0 unspecified atom stereocenters. The first kappa shape index (κ1) is 12.9. The highest BCUT2D eigenvalue weighted by atomic mass is 32.2. The van der Waals surface area contributed by atoms with Crippen LogP contribution < -0.4 is 0 Å². The molecular formula is C16H15N3S. The molecule has 4 heteroatoms. The zero-order valence-electron chi connectivity index (χ0n) is 11.2. The molecule has 1 N–H and O–H groups in total. The standard InChI is InChI=1S/C16H15N3S/c1-2-20-16-13(9-6-10-17-16)15-11-14(18-19-15)12-7-4-3-5-8-12/h3-11H,2H2,1H3,(H,18,19). The van der Waals surface area contributed by atoms with Gasteiger partial charge in [-0.15, -0.1) is 11.8 Å². The van der Waals surface area contributed by atoms with Crippen LogP contribution in [0, 0.1) is 0 Å². The summed E-state index contributed by atoms with van der Waals surface area (Å²) in [5.41, 5.74) is 4.18. The van der Waals surface area contributed by atoms with E-state index < -0.39 is 0 Å². The predicted octanol–water partition coefficient (Wildman–Crippen LogP) is 4.25. The average molecular weight is 281 g/mol. The van der Waals surface area contributed by atoms with Crippen molar-refractivity contribution in [3.05, 3.63) is 54.7 Å². The lowest BCUT2D eigenvalue weighted by Crippen LogP contribution is -1.86. The minimum atomic E-state index is 0.955. The third-order valence-corrected chi connectivity index (χ3v) is 3.88. The molecule has 0 aliphatic heterocycles. The van der Waals surface area contributed by atoms with Gasteiger partial charge in [-0.1, -0.05) is 37.3 Å². The zero-order valence-corrected chi connectivity index (χ0v) is 12.0. The molecular weight excluding hydrogens is 266 g/mol. The van der Waals surface area contributed by atoms with Gasteiger partial charge >= 0.3 is 0 Å². The molecule has 0 fully saturated rings. The zero-order chi connectivity index (χ0) is 13.8. The monoisotopic (exact) mass is 281 g/mol. The fraction of sp³-hybridized carbons (Fsp3) is 0.125. The first-order valence-electron chi connectivity index (χ1n) is 6.57. The Morgan fingerprint density at radius 1 is 1.10 bits per heavy atom. The summed E-state index contributed by atoms with van der Waals surface area (Å²) in [4.78, 5) is 4.44. The fourth-order valence-corrected chi connectivity index (χ4v) is 2.81. The predicted molar refractivity (Wildman–Crippen MR) is 83.7 cm³/mol. The number of hydrogen-bond donors (Lipinski definition) is 1. The Morgan fingerprint density at radius 3 is 2.75 bits per heavy atom. The van der Waals surface area contributed by atoms with Crippen LogP contribution in [0.15, 0.2) is 59.8 Å². The second-order valence-corrected chi connectivity index (χ2v) is 5.57. The molecule has 0 amide bonds. The second kappa shape index (κ2) is 5.92. The number of thioether (sulfide) groups is 1. The van der Waals surface area contributed by atoms with E-state index in [1.807, 2.05) is 30.5 Å². The maximum atomic E-state index is 4.44. The van der Waals surface area contributed by atoms with E-state index in [2.05, 4.69) is 46.4 Å². The van der Waals surface area contributed by atoms with Crippen LogP contribution in [-0.4, -0.2) is 20.9 Å². The number of benzene rings is 1. The summed E-state index contributed by atoms with van der Waals surface area (Å²) >= 11 is 1.74. The van der Waals surface area contributed by atoms with Crippen molar-refractivity contribution < 1.29 is 0 Å².